The molecule has 2 amide bonds. The Kier molecular flexibility index (Phi) is 8.49. The van der Waals surface area contributed by atoms with Gasteiger partial charge in [0.15, 0.2) is 5.82 Å². The number of anilines is 3. The number of halogens is 1. The summed E-state index contributed by atoms with van der Waals surface area (Å²) in [7, 11) is 0. The van der Waals surface area contributed by atoms with Crippen LogP contribution in [0.5, 0.6) is 0 Å². The van der Waals surface area contributed by atoms with E-state index >= 15 is 4.39 Å². The molecule has 9 nitrogen and oxygen atoms in total. The van der Waals surface area contributed by atoms with Crippen LogP contribution in [0.4, 0.5) is 21.6 Å². The van der Waals surface area contributed by atoms with Crippen molar-refractivity contribution in [2.75, 3.05) is 23.3 Å². The fraction of sp³-hybridized carbons (Fsp3) is 0.487. The number of benzene rings is 2. The van der Waals surface area contributed by atoms with Crippen LogP contribution >= 0.6 is 0 Å². The lowest BCUT2D eigenvalue weighted by atomic mass is 9.82. The second-order valence-corrected chi connectivity index (χ2v) is 15.3. The minimum atomic E-state index is -0.618. The number of nitrogens with one attached hydrogen (secondary N) is 2. The van der Waals surface area contributed by atoms with Crippen molar-refractivity contribution in [2.45, 2.75) is 110 Å². The molecule has 10 heteroatoms. The lowest BCUT2D eigenvalue weighted by Gasteiger charge is -2.48. The van der Waals surface area contributed by atoms with Gasteiger partial charge in [0.25, 0.3) is 5.91 Å². The summed E-state index contributed by atoms with van der Waals surface area (Å²) in [6.45, 7) is 16.0. The number of fused-ring (bicyclic) bond motifs is 2. The standard InChI is InChI=1S/C39H48FN7O2/c1-22(2)42-37(48)28-19-32(30(40)15-24(28)5)44-36-35-33(41-21-46(35)23(3)4)20-31(43-36)25-11-12-29-34(16-25)47(38(49)39(29,6)7)27-17-26(18-27)45-13-9-8-10-14-45/h11-12,15-16,19-23,26-27H,8-10,13-14,17-18H2,1-7H3,(H,42,48)(H,43,44)/t26-,27+. The van der Waals surface area contributed by atoms with Crippen molar-refractivity contribution in [3.63, 3.8) is 0 Å². The minimum Gasteiger partial charge on any atom is -0.350 e. The summed E-state index contributed by atoms with van der Waals surface area (Å²) in [5.74, 6) is -0.153. The first-order valence-corrected chi connectivity index (χ1v) is 17.8. The van der Waals surface area contributed by atoms with Crippen LogP contribution in [-0.2, 0) is 10.2 Å². The molecular formula is C39H48FN7O2. The predicted molar refractivity (Wildman–Crippen MR) is 193 cm³/mol. The van der Waals surface area contributed by atoms with Crippen LogP contribution in [0.25, 0.3) is 22.3 Å². The number of carbonyl (C=O) groups excluding carboxylic acids is 2. The molecule has 49 heavy (non-hydrogen) atoms. The van der Waals surface area contributed by atoms with Crippen molar-refractivity contribution in [2.24, 2.45) is 0 Å². The molecule has 4 heterocycles. The van der Waals surface area contributed by atoms with Gasteiger partial charge < -0.3 is 25.0 Å². The molecule has 4 aromatic rings. The van der Waals surface area contributed by atoms with Crippen molar-refractivity contribution in [1.82, 2.24) is 24.8 Å². The number of likely N-dealkylation sites (tertiary alicyclic amines) is 1. The van der Waals surface area contributed by atoms with E-state index in [4.69, 9.17) is 9.97 Å². The Morgan fingerprint density at radius 3 is 2.43 bits per heavy atom. The summed E-state index contributed by atoms with van der Waals surface area (Å²) in [6.07, 6.45) is 7.60. The number of hydrogen-bond acceptors (Lipinski definition) is 6. The van der Waals surface area contributed by atoms with Crippen molar-refractivity contribution >= 4 is 40.0 Å². The zero-order chi connectivity index (χ0) is 34.8. The maximum absolute atomic E-state index is 15.5. The molecule has 1 saturated carbocycles. The number of rotatable bonds is 8. The van der Waals surface area contributed by atoms with Crippen molar-refractivity contribution in [1.29, 1.82) is 0 Å². The second kappa shape index (κ2) is 12.5. The number of aromatic nitrogens is 3. The van der Waals surface area contributed by atoms with Gasteiger partial charge in [0, 0.05) is 41.0 Å². The average molecular weight is 666 g/mol. The molecule has 2 aromatic heterocycles. The monoisotopic (exact) mass is 665 g/mol. The maximum atomic E-state index is 15.5. The van der Waals surface area contributed by atoms with E-state index in [0.29, 0.717) is 34.2 Å². The number of imidazole rings is 1. The van der Waals surface area contributed by atoms with Crippen LogP contribution in [0.2, 0.25) is 0 Å². The van der Waals surface area contributed by atoms with Crippen molar-refractivity contribution < 1.29 is 14.0 Å². The number of piperidine rings is 1. The normalized spacial score (nSPS) is 20.6. The fourth-order valence-corrected chi connectivity index (χ4v) is 7.83. The molecular weight excluding hydrogens is 617 g/mol. The number of aryl methyl sites for hydroxylation is 1. The number of hydrogen-bond donors (Lipinski definition) is 2. The minimum absolute atomic E-state index is 0.0590. The summed E-state index contributed by atoms with van der Waals surface area (Å²) < 4.78 is 17.5. The highest BCUT2D eigenvalue weighted by atomic mass is 19.1. The van der Waals surface area contributed by atoms with E-state index in [-0.39, 0.29) is 35.6 Å². The highest BCUT2D eigenvalue weighted by Crippen LogP contribution is 2.48. The second-order valence-electron chi connectivity index (χ2n) is 15.3. The van der Waals surface area contributed by atoms with Gasteiger partial charge in [-0.3, -0.25) is 9.59 Å². The first kappa shape index (κ1) is 33.2. The van der Waals surface area contributed by atoms with Gasteiger partial charge in [-0.05, 0) is 123 Å². The van der Waals surface area contributed by atoms with Crippen LogP contribution in [0.3, 0.4) is 0 Å². The number of carbonyl (C=O) groups is 2. The van der Waals surface area contributed by atoms with Crippen LogP contribution in [-0.4, -0.2) is 62.5 Å². The van der Waals surface area contributed by atoms with Gasteiger partial charge in [0.1, 0.15) is 11.3 Å². The van der Waals surface area contributed by atoms with Gasteiger partial charge in [0.2, 0.25) is 5.91 Å². The molecule has 0 radical (unpaired) electrons. The smallest absolute Gasteiger partial charge is 0.251 e. The first-order chi connectivity index (χ1) is 23.3. The number of amides is 2. The molecule has 2 aliphatic heterocycles. The van der Waals surface area contributed by atoms with Crippen LogP contribution < -0.4 is 15.5 Å². The van der Waals surface area contributed by atoms with Gasteiger partial charge in [-0.1, -0.05) is 18.6 Å². The van der Waals surface area contributed by atoms with E-state index in [9.17, 15) is 9.59 Å². The molecule has 7 rings (SSSR count). The first-order valence-electron chi connectivity index (χ1n) is 17.8. The van der Waals surface area contributed by atoms with Gasteiger partial charge >= 0.3 is 0 Å². The van der Waals surface area contributed by atoms with Gasteiger partial charge in [-0.15, -0.1) is 0 Å². The third-order valence-corrected chi connectivity index (χ3v) is 10.7. The average Bonchev–Trinajstić information content (AvgIpc) is 3.55. The number of nitrogens with zero attached hydrogens (tertiary/aromatic N) is 5. The molecule has 258 valence electrons. The molecule has 1 aliphatic carbocycles. The van der Waals surface area contributed by atoms with E-state index in [1.807, 2.05) is 44.4 Å². The Hall–Kier alpha value is -4.31. The summed E-state index contributed by atoms with van der Waals surface area (Å²) >= 11 is 0. The van der Waals surface area contributed by atoms with Crippen molar-refractivity contribution in [3.05, 3.63) is 65.2 Å². The highest BCUT2D eigenvalue weighted by Gasteiger charge is 2.50. The molecule has 0 bridgehead atoms. The Labute approximate surface area is 288 Å². The van der Waals surface area contributed by atoms with Gasteiger partial charge in [0.05, 0.1) is 28.6 Å². The predicted octanol–water partition coefficient (Wildman–Crippen LogP) is 7.65. The van der Waals surface area contributed by atoms with Gasteiger partial charge in [-0.25, -0.2) is 14.4 Å². The summed E-state index contributed by atoms with van der Waals surface area (Å²) in [6, 6.07) is 11.8. The molecule has 2 fully saturated rings. The topological polar surface area (TPSA) is 95.4 Å². The summed E-state index contributed by atoms with van der Waals surface area (Å²) in [5, 5.41) is 6.15. The van der Waals surface area contributed by atoms with Gasteiger partial charge in [-0.2, -0.15) is 0 Å². The zero-order valence-electron chi connectivity index (χ0n) is 29.7. The fourth-order valence-electron chi connectivity index (χ4n) is 7.83. The van der Waals surface area contributed by atoms with Crippen LogP contribution in [0.1, 0.15) is 101 Å². The van der Waals surface area contributed by atoms with E-state index in [1.165, 1.54) is 25.3 Å². The zero-order valence-corrected chi connectivity index (χ0v) is 29.7. The lowest BCUT2D eigenvalue weighted by molar-refractivity contribution is -0.123. The maximum Gasteiger partial charge on any atom is 0.251 e. The third-order valence-electron chi connectivity index (χ3n) is 10.7. The van der Waals surface area contributed by atoms with Crippen LogP contribution in [0, 0.1) is 12.7 Å². The SMILES string of the molecule is Cc1cc(F)c(Nc2nc(-c3ccc4c(c3)N([C@H]3C[C@@H](N5CCCCC5)C3)C(=O)C4(C)C)cc3ncn(C(C)C)c23)cc1C(=O)NC(C)C. The highest BCUT2D eigenvalue weighted by molar-refractivity contribution is 6.09. The molecule has 2 aromatic carbocycles. The van der Waals surface area contributed by atoms with E-state index in [1.54, 1.807) is 19.3 Å². The molecule has 1 saturated heterocycles. The Morgan fingerprint density at radius 1 is 1.00 bits per heavy atom. The quantitative estimate of drug-likeness (QED) is 0.201. The molecule has 3 aliphatic rings. The summed E-state index contributed by atoms with van der Waals surface area (Å²) in [5.41, 5.74) is 5.42. The largest absolute Gasteiger partial charge is 0.350 e. The molecule has 0 unspecified atom stereocenters. The van der Waals surface area contributed by atoms with Crippen LogP contribution in [0.15, 0.2) is 42.7 Å². The lowest BCUT2D eigenvalue weighted by Crippen LogP contribution is -2.57. The Balaban J connectivity index is 1.27. The Morgan fingerprint density at radius 2 is 1.73 bits per heavy atom. The van der Waals surface area contributed by atoms with Crippen molar-refractivity contribution in [3.8, 4) is 11.3 Å². The Bertz CT molecular complexity index is 1940. The number of pyridine rings is 1. The van der Waals surface area contributed by atoms with E-state index < -0.39 is 11.2 Å². The molecule has 2 N–H and O–H groups in total. The molecule has 0 atom stereocenters. The third kappa shape index (κ3) is 5.87. The molecule has 0 spiro atoms. The van der Waals surface area contributed by atoms with E-state index in [2.05, 4.69) is 46.4 Å². The van der Waals surface area contributed by atoms with E-state index in [0.717, 1.165) is 48.3 Å². The summed E-state index contributed by atoms with van der Waals surface area (Å²) in [4.78, 5) is 41.4.